The Bertz CT molecular complexity index is 715. The number of anilines is 1. The third-order valence-electron chi connectivity index (χ3n) is 3.17. The van der Waals surface area contributed by atoms with E-state index in [4.69, 9.17) is 0 Å². The van der Waals surface area contributed by atoms with Gasteiger partial charge in [-0.1, -0.05) is 12.1 Å². The lowest BCUT2D eigenvalue weighted by molar-refractivity contribution is -0.117. The maximum absolute atomic E-state index is 13.8. The van der Waals surface area contributed by atoms with Gasteiger partial charge in [-0.15, -0.1) is 11.3 Å². The molecule has 2 amide bonds. The molecule has 23 heavy (non-hydrogen) atoms. The quantitative estimate of drug-likeness (QED) is 0.913. The van der Waals surface area contributed by atoms with E-state index in [0.29, 0.717) is 5.13 Å². The molecule has 0 spiro atoms. The molecule has 7 heteroatoms. The van der Waals surface area contributed by atoms with Gasteiger partial charge in [-0.25, -0.2) is 9.37 Å². The molecule has 0 saturated heterocycles. The normalized spacial score (nSPS) is 10.7. The lowest BCUT2D eigenvalue weighted by Gasteiger charge is -2.26. The van der Waals surface area contributed by atoms with Crippen molar-refractivity contribution in [3.8, 4) is 0 Å². The molecule has 0 fully saturated rings. The average molecular weight is 335 g/mol. The fourth-order valence-corrected chi connectivity index (χ4v) is 2.68. The zero-order valence-corrected chi connectivity index (χ0v) is 14.0. The number of hydrogen-bond donors (Lipinski definition) is 1. The zero-order valence-electron chi connectivity index (χ0n) is 13.2. The molecule has 5 nitrogen and oxygen atoms in total. The highest BCUT2D eigenvalue weighted by atomic mass is 32.1. The van der Waals surface area contributed by atoms with Crippen LogP contribution < -0.4 is 5.32 Å². The summed E-state index contributed by atoms with van der Waals surface area (Å²) in [6.07, 6.45) is 1.66. The van der Waals surface area contributed by atoms with Gasteiger partial charge in [0.25, 0.3) is 5.91 Å². The maximum atomic E-state index is 13.8. The molecule has 1 aromatic carbocycles. The van der Waals surface area contributed by atoms with Gasteiger partial charge in [0.05, 0.1) is 5.56 Å². The second-order valence-corrected chi connectivity index (χ2v) is 6.57. The van der Waals surface area contributed by atoms with Crippen LogP contribution in [0, 0.1) is 12.7 Å². The van der Waals surface area contributed by atoms with Gasteiger partial charge in [0.2, 0.25) is 5.91 Å². The molecule has 0 unspecified atom stereocenters. The highest BCUT2D eigenvalue weighted by Gasteiger charge is 2.24. The SMILES string of the molecule is Cc1cnc(NC(=O)CN(C(=O)c2ccccc2F)C(C)C)s1. The molecule has 1 N–H and O–H groups in total. The Hall–Kier alpha value is -2.28. The van der Waals surface area contributed by atoms with Gasteiger partial charge in [-0.3, -0.25) is 9.59 Å². The van der Waals surface area contributed by atoms with Crippen LogP contribution in [0.15, 0.2) is 30.5 Å². The first-order valence-electron chi connectivity index (χ1n) is 7.16. The summed E-state index contributed by atoms with van der Waals surface area (Å²) >= 11 is 1.35. The summed E-state index contributed by atoms with van der Waals surface area (Å²) in [4.78, 5) is 31.0. The summed E-state index contributed by atoms with van der Waals surface area (Å²) in [5.74, 6) is -1.47. The Balaban J connectivity index is 2.11. The summed E-state index contributed by atoms with van der Waals surface area (Å²) in [6.45, 7) is 5.28. The Morgan fingerprint density at radius 1 is 1.35 bits per heavy atom. The predicted octanol–water partition coefficient (Wildman–Crippen LogP) is 3.08. The zero-order chi connectivity index (χ0) is 17.0. The van der Waals surface area contributed by atoms with Gasteiger partial charge in [0.1, 0.15) is 12.4 Å². The first-order chi connectivity index (χ1) is 10.9. The third-order valence-corrected chi connectivity index (χ3v) is 4.00. The first kappa shape index (κ1) is 17.1. The van der Waals surface area contributed by atoms with E-state index < -0.39 is 11.7 Å². The molecule has 0 bridgehead atoms. The smallest absolute Gasteiger partial charge is 0.257 e. The monoisotopic (exact) mass is 335 g/mol. The minimum atomic E-state index is -0.598. The number of rotatable bonds is 5. The van der Waals surface area contributed by atoms with E-state index >= 15 is 0 Å². The van der Waals surface area contributed by atoms with Gasteiger partial charge in [-0.05, 0) is 32.9 Å². The number of nitrogens with zero attached hydrogens (tertiary/aromatic N) is 2. The van der Waals surface area contributed by atoms with Crippen molar-refractivity contribution in [2.75, 3.05) is 11.9 Å². The van der Waals surface area contributed by atoms with E-state index in [9.17, 15) is 14.0 Å². The molecular formula is C16H18FN3O2S. The van der Waals surface area contributed by atoms with E-state index in [-0.39, 0.29) is 24.1 Å². The van der Waals surface area contributed by atoms with Crippen LogP contribution in [0.1, 0.15) is 29.1 Å². The number of thiazole rings is 1. The topological polar surface area (TPSA) is 62.3 Å². The van der Waals surface area contributed by atoms with Crippen molar-refractivity contribution in [3.63, 3.8) is 0 Å². The average Bonchev–Trinajstić information content (AvgIpc) is 2.89. The molecule has 2 aromatic rings. The summed E-state index contributed by atoms with van der Waals surface area (Å²) in [6, 6.07) is 5.50. The van der Waals surface area contributed by atoms with Crippen molar-refractivity contribution in [2.24, 2.45) is 0 Å². The number of carbonyl (C=O) groups excluding carboxylic acids is 2. The Kier molecular flexibility index (Phi) is 5.44. The number of aromatic nitrogens is 1. The van der Waals surface area contributed by atoms with E-state index in [0.717, 1.165) is 4.88 Å². The van der Waals surface area contributed by atoms with Crippen LogP contribution in [-0.4, -0.2) is 34.3 Å². The predicted molar refractivity (Wildman–Crippen MR) is 88.1 cm³/mol. The largest absolute Gasteiger partial charge is 0.327 e. The Labute approximate surface area is 138 Å². The summed E-state index contributed by atoms with van der Waals surface area (Å²) in [7, 11) is 0. The minimum Gasteiger partial charge on any atom is -0.327 e. The second kappa shape index (κ2) is 7.32. The Morgan fingerprint density at radius 2 is 2.04 bits per heavy atom. The van der Waals surface area contributed by atoms with E-state index in [1.807, 2.05) is 6.92 Å². The van der Waals surface area contributed by atoms with Gasteiger partial charge in [-0.2, -0.15) is 0 Å². The Morgan fingerprint density at radius 3 is 2.61 bits per heavy atom. The number of hydrogen-bond acceptors (Lipinski definition) is 4. The fourth-order valence-electron chi connectivity index (χ4n) is 2.00. The molecule has 0 aliphatic heterocycles. The lowest BCUT2D eigenvalue weighted by Crippen LogP contribution is -2.42. The number of carbonyl (C=O) groups is 2. The van der Waals surface area contributed by atoms with Gasteiger partial charge in [0.15, 0.2) is 5.13 Å². The van der Waals surface area contributed by atoms with Crippen LogP contribution in [0.25, 0.3) is 0 Å². The van der Waals surface area contributed by atoms with Crippen molar-refractivity contribution in [1.82, 2.24) is 9.88 Å². The molecule has 1 heterocycles. The van der Waals surface area contributed by atoms with Gasteiger partial charge >= 0.3 is 0 Å². The summed E-state index contributed by atoms with van der Waals surface area (Å²) in [5, 5.41) is 3.13. The second-order valence-electron chi connectivity index (χ2n) is 5.33. The van der Waals surface area contributed by atoms with Crippen LogP contribution in [0.5, 0.6) is 0 Å². The van der Waals surface area contributed by atoms with E-state index in [2.05, 4.69) is 10.3 Å². The minimum absolute atomic E-state index is 0.0425. The summed E-state index contributed by atoms with van der Waals surface area (Å²) < 4.78 is 13.8. The molecule has 1 aromatic heterocycles. The van der Waals surface area contributed by atoms with Crippen molar-refractivity contribution in [3.05, 3.63) is 46.7 Å². The van der Waals surface area contributed by atoms with Crippen molar-refractivity contribution in [2.45, 2.75) is 26.8 Å². The highest BCUT2D eigenvalue weighted by molar-refractivity contribution is 7.15. The number of aryl methyl sites for hydroxylation is 1. The lowest BCUT2D eigenvalue weighted by atomic mass is 10.1. The third kappa shape index (κ3) is 4.35. The number of amides is 2. The van der Waals surface area contributed by atoms with E-state index in [1.54, 1.807) is 26.1 Å². The molecule has 0 radical (unpaired) electrons. The molecule has 122 valence electrons. The highest BCUT2D eigenvalue weighted by Crippen LogP contribution is 2.17. The molecule has 0 atom stereocenters. The van der Waals surface area contributed by atoms with Crippen LogP contribution in [0.4, 0.5) is 9.52 Å². The molecular weight excluding hydrogens is 317 g/mol. The van der Waals surface area contributed by atoms with Crippen LogP contribution in [0.2, 0.25) is 0 Å². The van der Waals surface area contributed by atoms with Crippen LogP contribution in [-0.2, 0) is 4.79 Å². The van der Waals surface area contributed by atoms with E-state index in [1.165, 1.54) is 34.4 Å². The van der Waals surface area contributed by atoms with Gasteiger partial charge in [0, 0.05) is 17.1 Å². The molecule has 0 saturated carbocycles. The first-order valence-corrected chi connectivity index (χ1v) is 7.98. The number of halogens is 1. The summed E-state index contributed by atoms with van der Waals surface area (Å²) in [5.41, 5.74) is -0.0425. The molecule has 0 aliphatic rings. The molecule has 0 aliphatic carbocycles. The molecule has 2 rings (SSSR count). The fraction of sp³-hybridized carbons (Fsp3) is 0.312. The standard InChI is InChI=1S/C16H18FN3O2S/c1-10(2)20(15(22)12-6-4-5-7-13(12)17)9-14(21)19-16-18-8-11(3)23-16/h4-8,10H,9H2,1-3H3,(H,18,19,21). The van der Waals surface area contributed by atoms with Crippen molar-refractivity contribution < 1.29 is 14.0 Å². The van der Waals surface area contributed by atoms with Crippen molar-refractivity contribution >= 4 is 28.3 Å². The van der Waals surface area contributed by atoms with Gasteiger partial charge < -0.3 is 10.2 Å². The van der Waals surface area contributed by atoms with Crippen LogP contribution >= 0.6 is 11.3 Å². The van der Waals surface area contributed by atoms with Crippen LogP contribution in [0.3, 0.4) is 0 Å². The van der Waals surface area contributed by atoms with Crippen molar-refractivity contribution in [1.29, 1.82) is 0 Å². The number of nitrogens with one attached hydrogen (secondary N) is 1. The number of benzene rings is 1. The maximum Gasteiger partial charge on any atom is 0.257 e.